The standard InChI is InChI=1S/C16H22FNO/c1-2-15-5-3-11-18(15)12-4-6-16(19)13-7-9-14(17)10-8-13/h7-10,15H,2-6,11-12H2,1H3. The van der Waals surface area contributed by atoms with Crippen molar-refractivity contribution < 1.29 is 9.18 Å². The lowest BCUT2D eigenvalue weighted by Crippen LogP contribution is -2.30. The Morgan fingerprint density at radius 3 is 2.79 bits per heavy atom. The third-order valence-electron chi connectivity index (χ3n) is 3.99. The first-order valence-corrected chi connectivity index (χ1v) is 7.23. The van der Waals surface area contributed by atoms with E-state index in [9.17, 15) is 9.18 Å². The summed E-state index contributed by atoms with van der Waals surface area (Å²) in [5, 5.41) is 0. The number of hydrogen-bond donors (Lipinski definition) is 0. The fourth-order valence-electron chi connectivity index (χ4n) is 2.87. The van der Waals surface area contributed by atoms with Crippen LogP contribution in [0.2, 0.25) is 0 Å². The lowest BCUT2D eigenvalue weighted by Gasteiger charge is -2.22. The van der Waals surface area contributed by atoms with Gasteiger partial charge >= 0.3 is 0 Å². The summed E-state index contributed by atoms with van der Waals surface area (Å²) in [4.78, 5) is 14.4. The minimum absolute atomic E-state index is 0.118. The Balaban J connectivity index is 1.76. The van der Waals surface area contributed by atoms with Gasteiger partial charge in [0.2, 0.25) is 0 Å². The summed E-state index contributed by atoms with van der Waals surface area (Å²) in [6, 6.07) is 6.55. The van der Waals surface area contributed by atoms with Crippen molar-refractivity contribution in [1.82, 2.24) is 4.90 Å². The highest BCUT2D eigenvalue weighted by Gasteiger charge is 2.22. The van der Waals surface area contributed by atoms with Gasteiger partial charge < -0.3 is 4.90 Å². The SMILES string of the molecule is CCC1CCCN1CCCC(=O)c1ccc(F)cc1. The van der Waals surface area contributed by atoms with Gasteiger partial charge in [-0.1, -0.05) is 6.92 Å². The molecule has 0 radical (unpaired) electrons. The van der Waals surface area contributed by atoms with E-state index in [0.717, 1.165) is 13.0 Å². The van der Waals surface area contributed by atoms with Gasteiger partial charge in [0.1, 0.15) is 5.82 Å². The van der Waals surface area contributed by atoms with Crippen molar-refractivity contribution in [2.75, 3.05) is 13.1 Å². The van der Waals surface area contributed by atoms with Crippen LogP contribution in [-0.4, -0.2) is 29.8 Å². The largest absolute Gasteiger partial charge is 0.300 e. The highest BCUT2D eigenvalue weighted by atomic mass is 19.1. The van der Waals surface area contributed by atoms with Gasteiger partial charge in [0, 0.05) is 18.0 Å². The zero-order valence-electron chi connectivity index (χ0n) is 11.6. The predicted molar refractivity (Wildman–Crippen MR) is 74.9 cm³/mol. The first-order valence-electron chi connectivity index (χ1n) is 7.23. The molecule has 0 N–H and O–H groups in total. The molecule has 0 bridgehead atoms. The summed E-state index contributed by atoms with van der Waals surface area (Å²) in [6.07, 6.45) is 5.23. The zero-order chi connectivity index (χ0) is 13.7. The molecular weight excluding hydrogens is 241 g/mol. The van der Waals surface area contributed by atoms with Crippen LogP contribution >= 0.6 is 0 Å². The van der Waals surface area contributed by atoms with Gasteiger partial charge in [-0.25, -0.2) is 4.39 Å². The normalized spacial score (nSPS) is 19.8. The molecule has 2 nitrogen and oxygen atoms in total. The maximum Gasteiger partial charge on any atom is 0.162 e. The summed E-state index contributed by atoms with van der Waals surface area (Å²) in [5.74, 6) is -0.174. The van der Waals surface area contributed by atoms with Crippen LogP contribution in [-0.2, 0) is 0 Å². The van der Waals surface area contributed by atoms with Crippen molar-refractivity contribution in [3.8, 4) is 0 Å². The molecule has 1 fully saturated rings. The summed E-state index contributed by atoms with van der Waals surface area (Å²) in [5.41, 5.74) is 0.620. The summed E-state index contributed by atoms with van der Waals surface area (Å²) >= 11 is 0. The van der Waals surface area contributed by atoms with Crippen molar-refractivity contribution in [3.63, 3.8) is 0 Å². The molecular formula is C16H22FNO. The first kappa shape index (κ1) is 14.2. The predicted octanol–water partition coefficient (Wildman–Crippen LogP) is 3.66. The molecule has 0 spiro atoms. The monoisotopic (exact) mass is 263 g/mol. The molecule has 1 aliphatic rings. The molecule has 1 aromatic carbocycles. The van der Waals surface area contributed by atoms with Crippen molar-refractivity contribution in [3.05, 3.63) is 35.6 Å². The quantitative estimate of drug-likeness (QED) is 0.730. The Hall–Kier alpha value is -1.22. The molecule has 1 saturated heterocycles. The number of carbonyl (C=O) groups is 1. The summed E-state index contributed by atoms with van der Waals surface area (Å²) < 4.78 is 12.8. The maximum atomic E-state index is 12.8. The van der Waals surface area contributed by atoms with E-state index < -0.39 is 0 Å². The second-order valence-corrected chi connectivity index (χ2v) is 5.27. The zero-order valence-corrected chi connectivity index (χ0v) is 11.6. The number of carbonyl (C=O) groups excluding carboxylic acids is 1. The van der Waals surface area contributed by atoms with E-state index in [1.54, 1.807) is 12.1 Å². The molecule has 1 atom stereocenters. The van der Waals surface area contributed by atoms with Crippen molar-refractivity contribution in [2.24, 2.45) is 0 Å². The van der Waals surface area contributed by atoms with E-state index >= 15 is 0 Å². The average molecular weight is 263 g/mol. The summed E-state index contributed by atoms with van der Waals surface area (Å²) in [7, 11) is 0. The number of rotatable bonds is 6. The van der Waals surface area contributed by atoms with E-state index in [1.807, 2.05) is 0 Å². The Bertz CT molecular complexity index is 415. The van der Waals surface area contributed by atoms with E-state index in [-0.39, 0.29) is 11.6 Å². The third-order valence-corrected chi connectivity index (χ3v) is 3.99. The highest BCUT2D eigenvalue weighted by Crippen LogP contribution is 2.20. The van der Waals surface area contributed by atoms with Gasteiger partial charge in [0.25, 0.3) is 0 Å². The fourth-order valence-corrected chi connectivity index (χ4v) is 2.87. The van der Waals surface area contributed by atoms with Crippen molar-refractivity contribution in [1.29, 1.82) is 0 Å². The third kappa shape index (κ3) is 3.87. The second kappa shape index (κ2) is 6.80. The maximum absolute atomic E-state index is 12.8. The van der Waals surface area contributed by atoms with Crippen LogP contribution in [0, 0.1) is 5.82 Å². The highest BCUT2D eigenvalue weighted by molar-refractivity contribution is 5.95. The molecule has 1 aromatic rings. The molecule has 0 aliphatic carbocycles. The van der Waals surface area contributed by atoms with Gasteiger partial charge in [-0.3, -0.25) is 4.79 Å². The molecule has 19 heavy (non-hydrogen) atoms. The van der Waals surface area contributed by atoms with Crippen molar-refractivity contribution >= 4 is 5.78 Å². The van der Waals surface area contributed by atoms with E-state index in [0.29, 0.717) is 18.0 Å². The molecule has 3 heteroatoms. The minimum atomic E-state index is -0.292. The van der Waals surface area contributed by atoms with E-state index in [4.69, 9.17) is 0 Å². The van der Waals surface area contributed by atoms with E-state index in [2.05, 4.69) is 11.8 Å². The molecule has 1 unspecified atom stereocenters. The molecule has 104 valence electrons. The number of nitrogens with zero attached hydrogens (tertiary/aromatic N) is 1. The van der Waals surface area contributed by atoms with Crippen LogP contribution < -0.4 is 0 Å². The van der Waals surface area contributed by atoms with Crippen LogP contribution in [0.15, 0.2) is 24.3 Å². The second-order valence-electron chi connectivity index (χ2n) is 5.27. The van der Waals surface area contributed by atoms with Gasteiger partial charge in [-0.2, -0.15) is 0 Å². The molecule has 2 rings (SSSR count). The van der Waals surface area contributed by atoms with Crippen LogP contribution in [0.5, 0.6) is 0 Å². The van der Waals surface area contributed by atoms with Crippen LogP contribution in [0.3, 0.4) is 0 Å². The first-order chi connectivity index (χ1) is 9.20. The lowest BCUT2D eigenvalue weighted by molar-refractivity contribution is 0.0973. The van der Waals surface area contributed by atoms with Gasteiger partial charge in [-0.15, -0.1) is 0 Å². The Labute approximate surface area is 114 Å². The van der Waals surface area contributed by atoms with Gasteiger partial charge in [0.15, 0.2) is 5.78 Å². The van der Waals surface area contributed by atoms with Crippen LogP contribution in [0.4, 0.5) is 4.39 Å². The lowest BCUT2D eigenvalue weighted by atomic mass is 10.1. The van der Waals surface area contributed by atoms with Gasteiger partial charge in [0.05, 0.1) is 0 Å². The number of halogens is 1. The van der Waals surface area contributed by atoms with Gasteiger partial charge in [-0.05, 0) is 63.0 Å². The topological polar surface area (TPSA) is 20.3 Å². The van der Waals surface area contributed by atoms with Crippen LogP contribution in [0.1, 0.15) is 49.4 Å². The van der Waals surface area contributed by atoms with E-state index in [1.165, 1.54) is 37.9 Å². The molecule has 0 saturated carbocycles. The number of benzene rings is 1. The smallest absolute Gasteiger partial charge is 0.162 e. The Morgan fingerprint density at radius 2 is 2.11 bits per heavy atom. The molecule has 1 heterocycles. The number of likely N-dealkylation sites (tertiary alicyclic amines) is 1. The summed E-state index contributed by atoms with van der Waals surface area (Å²) in [6.45, 7) is 4.40. The van der Waals surface area contributed by atoms with Crippen LogP contribution in [0.25, 0.3) is 0 Å². The Kier molecular flexibility index (Phi) is 5.08. The molecule has 0 aromatic heterocycles. The fraction of sp³-hybridized carbons (Fsp3) is 0.562. The van der Waals surface area contributed by atoms with Crippen molar-refractivity contribution in [2.45, 2.75) is 45.1 Å². The Morgan fingerprint density at radius 1 is 1.37 bits per heavy atom. The minimum Gasteiger partial charge on any atom is -0.300 e. The molecule has 1 aliphatic heterocycles. The average Bonchev–Trinajstić information content (AvgIpc) is 2.87. The number of hydrogen-bond acceptors (Lipinski definition) is 2. The molecule has 0 amide bonds. The number of ketones is 1. The number of Topliss-reactive ketones (excluding diaryl/α,β-unsaturated/α-hetero) is 1.